The number of nitrogens with two attached hydrogens (primary N) is 1. The highest BCUT2D eigenvalue weighted by Crippen LogP contribution is 2.27. The third-order valence-electron chi connectivity index (χ3n) is 2.61. The zero-order chi connectivity index (χ0) is 15.9. The molecule has 0 aliphatic heterocycles. The van der Waals surface area contributed by atoms with Gasteiger partial charge in [-0.25, -0.2) is 4.79 Å². The highest BCUT2D eigenvalue weighted by molar-refractivity contribution is 8.01. The van der Waals surface area contributed by atoms with Crippen LogP contribution in [-0.2, 0) is 11.2 Å². The maximum atomic E-state index is 11.3. The van der Waals surface area contributed by atoms with Crippen molar-refractivity contribution in [1.29, 1.82) is 0 Å². The summed E-state index contributed by atoms with van der Waals surface area (Å²) >= 11 is 2.53. The lowest BCUT2D eigenvalue weighted by Gasteiger charge is -2.02. The van der Waals surface area contributed by atoms with Gasteiger partial charge in [0.05, 0.1) is 5.75 Å². The highest BCUT2D eigenvalue weighted by atomic mass is 32.2. The van der Waals surface area contributed by atoms with Gasteiger partial charge >= 0.3 is 6.03 Å². The number of hydrogen-bond acceptors (Lipinski definition) is 7. The number of urea groups is 1. The SMILES string of the molecule is CCc1ccc(Nc2nnc(SCC(=O)NC(N)=O)s2)cc1. The Bertz CT molecular complexity index is 657. The fraction of sp³-hybridized carbons (Fsp3) is 0.231. The monoisotopic (exact) mass is 337 g/mol. The molecule has 7 nitrogen and oxygen atoms in total. The van der Waals surface area contributed by atoms with Crippen molar-refractivity contribution < 1.29 is 9.59 Å². The van der Waals surface area contributed by atoms with Crippen LogP contribution in [0.25, 0.3) is 0 Å². The van der Waals surface area contributed by atoms with Crippen LogP contribution >= 0.6 is 23.1 Å². The van der Waals surface area contributed by atoms with E-state index in [2.05, 4.69) is 22.4 Å². The van der Waals surface area contributed by atoms with Crippen LogP contribution in [0.2, 0.25) is 0 Å². The van der Waals surface area contributed by atoms with Gasteiger partial charge in [-0.2, -0.15) is 0 Å². The van der Waals surface area contributed by atoms with Crippen LogP contribution in [0.4, 0.5) is 15.6 Å². The molecule has 0 radical (unpaired) electrons. The molecular weight excluding hydrogens is 322 g/mol. The number of nitrogens with one attached hydrogen (secondary N) is 2. The van der Waals surface area contributed by atoms with E-state index in [1.54, 1.807) is 0 Å². The molecule has 2 aromatic rings. The third kappa shape index (κ3) is 5.01. The number of rotatable bonds is 6. The fourth-order valence-corrected chi connectivity index (χ4v) is 3.14. The number of carbonyl (C=O) groups excluding carboxylic acids is 2. The van der Waals surface area contributed by atoms with Gasteiger partial charge in [-0.05, 0) is 24.1 Å². The summed E-state index contributed by atoms with van der Waals surface area (Å²) in [5, 5.41) is 13.8. The standard InChI is InChI=1S/C13H15N5O2S2/c1-2-8-3-5-9(6-4-8)15-12-17-18-13(22-12)21-7-10(19)16-11(14)20/h3-6H,2,7H2,1H3,(H,15,17)(H3,14,16,19,20). The number of anilines is 2. The predicted octanol–water partition coefficient (Wildman–Crippen LogP) is 2.13. The van der Waals surface area contributed by atoms with Crippen LogP contribution < -0.4 is 16.4 Å². The summed E-state index contributed by atoms with van der Waals surface area (Å²) in [5.41, 5.74) is 7.05. The molecule has 2 rings (SSSR count). The summed E-state index contributed by atoms with van der Waals surface area (Å²) in [6.45, 7) is 2.10. The van der Waals surface area contributed by atoms with Gasteiger partial charge in [0, 0.05) is 5.69 Å². The van der Waals surface area contributed by atoms with Crippen LogP contribution in [0.15, 0.2) is 28.6 Å². The van der Waals surface area contributed by atoms with E-state index in [4.69, 9.17) is 5.73 Å². The topological polar surface area (TPSA) is 110 Å². The molecule has 3 amide bonds. The fourth-order valence-electron chi connectivity index (χ4n) is 1.57. The largest absolute Gasteiger partial charge is 0.351 e. The van der Waals surface area contributed by atoms with Gasteiger partial charge in [-0.1, -0.05) is 42.2 Å². The number of carbonyl (C=O) groups is 2. The van der Waals surface area contributed by atoms with Gasteiger partial charge in [-0.3, -0.25) is 10.1 Å². The van der Waals surface area contributed by atoms with E-state index in [1.807, 2.05) is 29.6 Å². The summed E-state index contributed by atoms with van der Waals surface area (Å²) in [6, 6.07) is 7.20. The van der Waals surface area contributed by atoms with Crippen molar-refractivity contribution in [3.63, 3.8) is 0 Å². The molecule has 0 aliphatic rings. The second-order valence-electron chi connectivity index (χ2n) is 4.25. The van der Waals surface area contributed by atoms with E-state index in [1.165, 1.54) is 28.7 Å². The first kappa shape index (κ1) is 16.2. The van der Waals surface area contributed by atoms with Crippen molar-refractivity contribution in [1.82, 2.24) is 15.5 Å². The van der Waals surface area contributed by atoms with E-state index in [-0.39, 0.29) is 5.75 Å². The summed E-state index contributed by atoms with van der Waals surface area (Å²) in [5.74, 6) is -0.402. The van der Waals surface area contributed by atoms with E-state index in [0.717, 1.165) is 12.1 Å². The van der Waals surface area contributed by atoms with E-state index < -0.39 is 11.9 Å². The molecule has 9 heteroatoms. The van der Waals surface area contributed by atoms with Crippen molar-refractivity contribution in [2.45, 2.75) is 17.7 Å². The molecule has 1 aromatic carbocycles. The Kier molecular flexibility index (Phi) is 5.73. The first-order valence-electron chi connectivity index (χ1n) is 6.48. The first-order valence-corrected chi connectivity index (χ1v) is 8.28. The number of aryl methyl sites for hydroxylation is 1. The van der Waals surface area contributed by atoms with Gasteiger partial charge in [0.25, 0.3) is 0 Å². The summed E-state index contributed by atoms with van der Waals surface area (Å²) in [6.07, 6.45) is 0.993. The number of aromatic nitrogens is 2. The molecule has 0 atom stereocenters. The Balaban J connectivity index is 1.88. The Morgan fingerprint density at radius 2 is 2.00 bits per heavy atom. The molecule has 0 saturated carbocycles. The molecule has 4 N–H and O–H groups in total. The number of thioether (sulfide) groups is 1. The number of amides is 3. The van der Waals surface area contributed by atoms with Crippen LogP contribution in [0.5, 0.6) is 0 Å². The van der Waals surface area contributed by atoms with Crippen LogP contribution in [0.3, 0.4) is 0 Å². The summed E-state index contributed by atoms with van der Waals surface area (Å²) in [7, 11) is 0. The molecule has 1 heterocycles. The lowest BCUT2D eigenvalue weighted by molar-refractivity contribution is -0.117. The quantitative estimate of drug-likeness (QED) is 0.697. The maximum absolute atomic E-state index is 11.3. The first-order chi connectivity index (χ1) is 10.6. The van der Waals surface area contributed by atoms with Crippen molar-refractivity contribution in [2.24, 2.45) is 5.73 Å². The van der Waals surface area contributed by atoms with Gasteiger partial charge in [0.15, 0.2) is 4.34 Å². The number of benzene rings is 1. The number of nitrogens with zero attached hydrogens (tertiary/aromatic N) is 2. The van der Waals surface area contributed by atoms with Gasteiger partial charge in [-0.15, -0.1) is 10.2 Å². The Hall–Kier alpha value is -2.13. The highest BCUT2D eigenvalue weighted by Gasteiger charge is 2.09. The van der Waals surface area contributed by atoms with E-state index >= 15 is 0 Å². The molecule has 1 aromatic heterocycles. The molecule has 0 fully saturated rings. The van der Waals surface area contributed by atoms with E-state index in [0.29, 0.717) is 9.47 Å². The number of hydrogen-bond donors (Lipinski definition) is 3. The Morgan fingerprint density at radius 1 is 1.27 bits per heavy atom. The molecule has 0 spiro atoms. The summed E-state index contributed by atoms with van der Waals surface area (Å²) in [4.78, 5) is 21.8. The van der Waals surface area contributed by atoms with Gasteiger partial charge in [0.2, 0.25) is 11.0 Å². The molecule has 0 aliphatic carbocycles. The zero-order valence-electron chi connectivity index (χ0n) is 11.8. The van der Waals surface area contributed by atoms with Gasteiger partial charge < -0.3 is 11.1 Å². The Morgan fingerprint density at radius 3 is 2.64 bits per heavy atom. The van der Waals surface area contributed by atoms with Crippen LogP contribution in [-0.4, -0.2) is 27.9 Å². The lowest BCUT2D eigenvalue weighted by Crippen LogP contribution is -2.36. The zero-order valence-corrected chi connectivity index (χ0v) is 13.5. The molecule has 116 valence electrons. The lowest BCUT2D eigenvalue weighted by atomic mass is 10.1. The average molecular weight is 337 g/mol. The molecule has 22 heavy (non-hydrogen) atoms. The summed E-state index contributed by atoms with van der Waals surface area (Å²) < 4.78 is 0.632. The minimum absolute atomic E-state index is 0.0583. The minimum atomic E-state index is -0.860. The van der Waals surface area contributed by atoms with Crippen LogP contribution in [0.1, 0.15) is 12.5 Å². The molecule has 0 saturated heterocycles. The van der Waals surface area contributed by atoms with E-state index in [9.17, 15) is 9.59 Å². The second-order valence-corrected chi connectivity index (χ2v) is 6.45. The minimum Gasteiger partial charge on any atom is -0.351 e. The second kappa shape index (κ2) is 7.76. The maximum Gasteiger partial charge on any atom is 0.318 e. The number of imide groups is 1. The van der Waals surface area contributed by atoms with Crippen molar-refractivity contribution in [3.05, 3.63) is 29.8 Å². The predicted molar refractivity (Wildman–Crippen MR) is 87.5 cm³/mol. The smallest absolute Gasteiger partial charge is 0.318 e. The molecule has 0 bridgehead atoms. The van der Waals surface area contributed by atoms with Crippen molar-refractivity contribution in [3.8, 4) is 0 Å². The number of primary amides is 1. The van der Waals surface area contributed by atoms with Crippen LogP contribution in [0, 0.1) is 0 Å². The van der Waals surface area contributed by atoms with Crippen molar-refractivity contribution >= 4 is 45.9 Å². The molecular formula is C13H15N5O2S2. The molecule has 0 unspecified atom stereocenters. The van der Waals surface area contributed by atoms with Gasteiger partial charge in [0.1, 0.15) is 0 Å². The van der Waals surface area contributed by atoms with Crippen molar-refractivity contribution in [2.75, 3.05) is 11.1 Å². The Labute approximate surface area is 135 Å². The average Bonchev–Trinajstić information content (AvgIpc) is 2.93. The normalized spacial score (nSPS) is 10.2. The third-order valence-corrected chi connectivity index (χ3v) is 4.58.